The molecule has 0 aliphatic carbocycles. The van der Waals surface area contributed by atoms with E-state index in [1.165, 1.54) is 0 Å². The molecule has 1 aliphatic rings. The number of aromatic amines is 1. The van der Waals surface area contributed by atoms with Crippen molar-refractivity contribution >= 4 is 26.7 Å². The summed E-state index contributed by atoms with van der Waals surface area (Å²) in [6, 6.07) is 19.7. The van der Waals surface area contributed by atoms with Crippen molar-refractivity contribution in [2.24, 2.45) is 0 Å². The number of fused-ring (bicyclic) bond motifs is 4. The van der Waals surface area contributed by atoms with Crippen LogP contribution in [-0.2, 0) is 6.42 Å². The highest BCUT2D eigenvalue weighted by molar-refractivity contribution is 9.10. The maximum atomic E-state index is 12.7. The molecule has 1 aromatic heterocycles. The largest absolute Gasteiger partial charge is 0.438 e. The summed E-state index contributed by atoms with van der Waals surface area (Å²) in [6.07, 6.45) is 0.509. The van der Waals surface area contributed by atoms with Crippen LogP contribution in [0.3, 0.4) is 0 Å². The van der Waals surface area contributed by atoms with Crippen LogP contribution in [0.25, 0.3) is 22.2 Å². The zero-order chi connectivity index (χ0) is 17.7. The van der Waals surface area contributed by atoms with Crippen LogP contribution in [0.1, 0.15) is 11.1 Å². The van der Waals surface area contributed by atoms with Crippen molar-refractivity contribution in [3.63, 3.8) is 0 Å². The summed E-state index contributed by atoms with van der Waals surface area (Å²) in [6.45, 7) is 0. The van der Waals surface area contributed by atoms with Gasteiger partial charge in [-0.25, -0.2) is 0 Å². The number of halogens is 1. The summed E-state index contributed by atoms with van der Waals surface area (Å²) in [5, 5.41) is 2.24. The Morgan fingerprint density at radius 1 is 0.962 bits per heavy atom. The lowest BCUT2D eigenvalue weighted by Gasteiger charge is -2.20. The number of nitrogens with one attached hydrogen (secondary N) is 1. The maximum absolute atomic E-state index is 12.7. The van der Waals surface area contributed by atoms with Crippen molar-refractivity contribution < 1.29 is 4.74 Å². The minimum absolute atomic E-state index is 0.161. The van der Waals surface area contributed by atoms with Crippen molar-refractivity contribution in [3.8, 4) is 23.0 Å². The van der Waals surface area contributed by atoms with Crippen molar-refractivity contribution in [1.82, 2.24) is 9.97 Å². The normalized spacial score (nSPS) is 12.3. The molecule has 26 heavy (non-hydrogen) atoms. The van der Waals surface area contributed by atoms with E-state index >= 15 is 0 Å². The van der Waals surface area contributed by atoms with Gasteiger partial charge in [-0.3, -0.25) is 4.79 Å². The molecule has 4 nitrogen and oxygen atoms in total. The van der Waals surface area contributed by atoms with Gasteiger partial charge in [0.15, 0.2) is 0 Å². The van der Waals surface area contributed by atoms with E-state index in [0.29, 0.717) is 23.7 Å². The summed E-state index contributed by atoms with van der Waals surface area (Å²) in [5.41, 5.74) is 2.27. The summed E-state index contributed by atoms with van der Waals surface area (Å²) in [7, 11) is 0. The van der Waals surface area contributed by atoms with E-state index in [0.717, 1.165) is 32.1 Å². The molecule has 0 atom stereocenters. The Bertz CT molecular complexity index is 1210. The molecule has 1 aliphatic heterocycles. The molecule has 0 amide bonds. The van der Waals surface area contributed by atoms with Crippen molar-refractivity contribution in [1.29, 1.82) is 0 Å². The zero-order valence-electron chi connectivity index (χ0n) is 13.6. The summed E-state index contributed by atoms with van der Waals surface area (Å²) >= 11 is 3.41. The van der Waals surface area contributed by atoms with E-state index in [1.54, 1.807) is 0 Å². The first kappa shape index (κ1) is 15.3. The Morgan fingerprint density at radius 3 is 2.62 bits per heavy atom. The summed E-state index contributed by atoms with van der Waals surface area (Å²) in [5.74, 6) is 1.65. The lowest BCUT2D eigenvalue weighted by Crippen LogP contribution is -2.20. The third-order valence-corrected chi connectivity index (χ3v) is 5.18. The average molecular weight is 405 g/mol. The van der Waals surface area contributed by atoms with Crippen LogP contribution in [-0.4, -0.2) is 9.97 Å². The van der Waals surface area contributed by atoms with Crippen LogP contribution >= 0.6 is 15.9 Å². The number of nitrogens with zero attached hydrogens (tertiary/aromatic N) is 1. The van der Waals surface area contributed by atoms with Crippen molar-refractivity contribution in [2.45, 2.75) is 6.42 Å². The maximum Gasteiger partial charge on any atom is 0.258 e. The quantitative estimate of drug-likeness (QED) is 0.425. The Kier molecular flexibility index (Phi) is 3.43. The molecule has 2 heterocycles. The van der Waals surface area contributed by atoms with Gasteiger partial charge in [0, 0.05) is 22.0 Å². The van der Waals surface area contributed by atoms with Gasteiger partial charge in [-0.1, -0.05) is 58.4 Å². The first-order chi connectivity index (χ1) is 12.7. The van der Waals surface area contributed by atoms with Crippen LogP contribution in [0.5, 0.6) is 11.6 Å². The summed E-state index contributed by atoms with van der Waals surface area (Å²) < 4.78 is 6.98. The van der Waals surface area contributed by atoms with Crippen LogP contribution in [0.15, 0.2) is 69.9 Å². The third kappa shape index (κ3) is 2.44. The molecule has 0 saturated heterocycles. The van der Waals surface area contributed by atoms with Gasteiger partial charge in [0.05, 0.1) is 5.56 Å². The molecule has 0 unspecified atom stereocenters. The average Bonchev–Trinajstić information content (AvgIpc) is 2.67. The van der Waals surface area contributed by atoms with E-state index in [1.807, 2.05) is 48.5 Å². The van der Waals surface area contributed by atoms with E-state index in [9.17, 15) is 4.79 Å². The predicted molar refractivity (Wildman–Crippen MR) is 105 cm³/mol. The molecule has 0 bridgehead atoms. The first-order valence-electron chi connectivity index (χ1n) is 8.27. The molecule has 0 radical (unpaired) electrons. The third-order valence-electron chi connectivity index (χ3n) is 4.65. The van der Waals surface area contributed by atoms with Crippen LogP contribution < -0.4 is 10.3 Å². The molecule has 3 aromatic carbocycles. The van der Waals surface area contributed by atoms with Gasteiger partial charge in [-0.2, -0.15) is 4.98 Å². The number of ether oxygens (including phenoxy) is 1. The fourth-order valence-corrected chi connectivity index (χ4v) is 3.60. The molecule has 0 saturated carbocycles. The molecule has 1 N–H and O–H groups in total. The van der Waals surface area contributed by atoms with Crippen molar-refractivity contribution in [3.05, 3.63) is 86.6 Å². The first-order valence-corrected chi connectivity index (χ1v) is 9.06. The lowest BCUT2D eigenvalue weighted by atomic mass is 9.96. The van der Waals surface area contributed by atoms with Crippen LogP contribution in [0.4, 0.5) is 0 Å². The Balaban J connectivity index is 1.65. The van der Waals surface area contributed by atoms with Crippen molar-refractivity contribution in [2.75, 3.05) is 0 Å². The highest BCUT2D eigenvalue weighted by atomic mass is 79.9. The smallest absolute Gasteiger partial charge is 0.258 e. The molecule has 5 rings (SSSR count). The molecular formula is C21H13BrN2O2. The number of hydrogen-bond donors (Lipinski definition) is 1. The Morgan fingerprint density at radius 2 is 1.77 bits per heavy atom. The lowest BCUT2D eigenvalue weighted by molar-refractivity contribution is 0.439. The number of rotatable bonds is 1. The molecule has 0 spiro atoms. The number of hydrogen-bond acceptors (Lipinski definition) is 3. The second kappa shape index (κ2) is 5.81. The van der Waals surface area contributed by atoms with Gasteiger partial charge in [0.1, 0.15) is 11.6 Å². The molecule has 126 valence electrons. The minimum Gasteiger partial charge on any atom is -0.438 e. The molecule has 4 aromatic rings. The van der Waals surface area contributed by atoms with Gasteiger partial charge in [0.25, 0.3) is 5.56 Å². The second-order valence-corrected chi connectivity index (χ2v) is 7.16. The van der Waals surface area contributed by atoms with E-state index in [-0.39, 0.29) is 5.56 Å². The van der Waals surface area contributed by atoms with E-state index in [4.69, 9.17) is 4.74 Å². The standard InChI is InChI=1S/C21H13BrN2O2/c22-14-8-5-13(6-9-14)19-23-20(25)17-11-16-15-4-2-1-3-12(15)7-10-18(16)26-21(17)24-19/h1-10H,11H2,(H,23,24,25). The monoisotopic (exact) mass is 404 g/mol. The van der Waals surface area contributed by atoms with Gasteiger partial charge in [0.2, 0.25) is 5.88 Å². The van der Waals surface area contributed by atoms with Gasteiger partial charge in [-0.15, -0.1) is 0 Å². The number of benzene rings is 3. The van der Waals surface area contributed by atoms with Gasteiger partial charge in [-0.05, 0) is 29.0 Å². The highest BCUT2D eigenvalue weighted by Crippen LogP contribution is 2.38. The Labute approximate surface area is 157 Å². The fourth-order valence-electron chi connectivity index (χ4n) is 3.34. The topological polar surface area (TPSA) is 55.0 Å². The Hall–Kier alpha value is -2.92. The fraction of sp³-hybridized carbons (Fsp3) is 0.0476. The number of aromatic nitrogens is 2. The molecular weight excluding hydrogens is 392 g/mol. The second-order valence-electron chi connectivity index (χ2n) is 6.25. The van der Waals surface area contributed by atoms with Crippen LogP contribution in [0.2, 0.25) is 0 Å². The van der Waals surface area contributed by atoms with Gasteiger partial charge < -0.3 is 9.72 Å². The summed E-state index contributed by atoms with van der Waals surface area (Å²) in [4.78, 5) is 20.1. The van der Waals surface area contributed by atoms with E-state index in [2.05, 4.69) is 38.0 Å². The minimum atomic E-state index is -0.161. The number of H-pyrrole nitrogens is 1. The van der Waals surface area contributed by atoms with E-state index < -0.39 is 0 Å². The van der Waals surface area contributed by atoms with Crippen LogP contribution in [0, 0.1) is 0 Å². The predicted octanol–water partition coefficient (Wildman–Crippen LogP) is 5.05. The van der Waals surface area contributed by atoms with Gasteiger partial charge >= 0.3 is 0 Å². The molecule has 0 fully saturated rings. The SMILES string of the molecule is O=c1[nH]c(-c2ccc(Br)cc2)nc2c1Cc1c(ccc3ccccc13)O2. The highest BCUT2D eigenvalue weighted by Gasteiger charge is 2.24. The zero-order valence-corrected chi connectivity index (χ0v) is 15.2. The molecule has 5 heteroatoms.